The highest BCUT2D eigenvalue weighted by Crippen LogP contribution is 2.35. The van der Waals surface area contributed by atoms with Crippen LogP contribution in [0.25, 0.3) is 0 Å². The first-order valence-electron chi connectivity index (χ1n) is 5.30. The predicted molar refractivity (Wildman–Crippen MR) is 61.1 cm³/mol. The van der Waals surface area contributed by atoms with E-state index in [1.807, 2.05) is 27.7 Å². The van der Waals surface area contributed by atoms with Gasteiger partial charge in [0, 0.05) is 17.4 Å². The second kappa shape index (κ2) is 4.01. The maximum atomic E-state index is 12.1. The molecule has 0 aliphatic rings. The number of hydrogen-bond donors (Lipinski definition) is 1. The Morgan fingerprint density at radius 1 is 1.07 bits per heavy atom. The van der Waals surface area contributed by atoms with Crippen molar-refractivity contribution in [2.75, 3.05) is 0 Å². The van der Waals surface area contributed by atoms with Crippen molar-refractivity contribution in [3.63, 3.8) is 0 Å². The molecule has 0 radical (unpaired) electrons. The fourth-order valence-corrected chi connectivity index (χ4v) is 2.24. The molecule has 0 aromatic heterocycles. The van der Waals surface area contributed by atoms with Crippen molar-refractivity contribution in [2.24, 2.45) is 23.0 Å². The van der Waals surface area contributed by atoms with Gasteiger partial charge >= 0.3 is 0 Å². The third-order valence-corrected chi connectivity index (χ3v) is 2.46. The topological polar surface area (TPSA) is 43.1 Å². The SMILES string of the molecule is CC(C)C(=O)[C@H](C(C)(C)C)C(C)(C)N. The lowest BCUT2D eigenvalue weighted by Gasteiger charge is -2.40. The highest BCUT2D eigenvalue weighted by molar-refractivity contribution is 5.84. The first-order valence-corrected chi connectivity index (χ1v) is 5.30. The molecule has 2 heteroatoms. The number of carbonyl (C=O) groups is 1. The summed E-state index contributed by atoms with van der Waals surface area (Å²) >= 11 is 0. The zero-order chi connectivity index (χ0) is 11.7. The van der Waals surface area contributed by atoms with Crippen molar-refractivity contribution in [1.29, 1.82) is 0 Å². The van der Waals surface area contributed by atoms with Crippen LogP contribution in [0.3, 0.4) is 0 Å². The average molecular weight is 199 g/mol. The number of Topliss-reactive ketones (excluding diaryl/α,β-unsaturated/α-hetero) is 1. The molecule has 0 aliphatic heterocycles. The summed E-state index contributed by atoms with van der Waals surface area (Å²) in [5, 5.41) is 0. The average Bonchev–Trinajstić information content (AvgIpc) is 1.79. The van der Waals surface area contributed by atoms with Crippen LogP contribution in [-0.2, 0) is 4.79 Å². The quantitative estimate of drug-likeness (QED) is 0.759. The number of carbonyl (C=O) groups excluding carboxylic acids is 1. The van der Waals surface area contributed by atoms with Crippen molar-refractivity contribution < 1.29 is 4.79 Å². The van der Waals surface area contributed by atoms with Gasteiger partial charge in [-0.05, 0) is 19.3 Å². The lowest BCUT2D eigenvalue weighted by atomic mass is 9.66. The predicted octanol–water partition coefficient (Wildman–Crippen LogP) is 2.61. The molecule has 84 valence electrons. The first kappa shape index (κ1) is 13.6. The van der Waals surface area contributed by atoms with Crippen LogP contribution in [0.1, 0.15) is 48.5 Å². The van der Waals surface area contributed by atoms with E-state index in [0.29, 0.717) is 0 Å². The molecule has 0 rings (SSSR count). The summed E-state index contributed by atoms with van der Waals surface area (Å²) in [4.78, 5) is 12.1. The van der Waals surface area contributed by atoms with Gasteiger partial charge in [-0.2, -0.15) is 0 Å². The van der Waals surface area contributed by atoms with Gasteiger partial charge in [-0.15, -0.1) is 0 Å². The minimum atomic E-state index is -0.445. The van der Waals surface area contributed by atoms with E-state index < -0.39 is 5.54 Å². The van der Waals surface area contributed by atoms with E-state index in [-0.39, 0.29) is 23.0 Å². The molecular weight excluding hydrogens is 174 g/mol. The Morgan fingerprint density at radius 3 is 1.50 bits per heavy atom. The fraction of sp³-hybridized carbons (Fsp3) is 0.917. The zero-order valence-corrected chi connectivity index (χ0v) is 10.6. The molecule has 0 spiro atoms. The summed E-state index contributed by atoms with van der Waals surface area (Å²) in [7, 11) is 0. The minimum Gasteiger partial charge on any atom is -0.325 e. The van der Waals surface area contributed by atoms with Gasteiger partial charge < -0.3 is 5.73 Å². The smallest absolute Gasteiger partial charge is 0.140 e. The Labute approximate surface area is 88.3 Å². The number of hydrogen-bond acceptors (Lipinski definition) is 2. The zero-order valence-electron chi connectivity index (χ0n) is 10.6. The van der Waals surface area contributed by atoms with E-state index in [2.05, 4.69) is 20.8 Å². The summed E-state index contributed by atoms with van der Waals surface area (Å²) in [6.07, 6.45) is 0. The van der Waals surface area contributed by atoms with Gasteiger partial charge in [0.25, 0.3) is 0 Å². The van der Waals surface area contributed by atoms with Crippen LogP contribution in [0.2, 0.25) is 0 Å². The second-order valence-electron chi connectivity index (χ2n) is 6.18. The lowest BCUT2D eigenvalue weighted by molar-refractivity contribution is -0.131. The second-order valence-corrected chi connectivity index (χ2v) is 6.18. The van der Waals surface area contributed by atoms with Crippen LogP contribution in [0, 0.1) is 17.3 Å². The molecule has 0 heterocycles. The van der Waals surface area contributed by atoms with Crippen molar-refractivity contribution in [1.82, 2.24) is 0 Å². The van der Waals surface area contributed by atoms with Crippen molar-refractivity contribution >= 4 is 5.78 Å². The maximum absolute atomic E-state index is 12.1. The van der Waals surface area contributed by atoms with Gasteiger partial charge in [0.1, 0.15) is 5.78 Å². The van der Waals surface area contributed by atoms with Crippen LogP contribution in [-0.4, -0.2) is 11.3 Å². The third kappa shape index (κ3) is 3.41. The number of ketones is 1. The molecule has 0 fully saturated rings. The van der Waals surface area contributed by atoms with Crippen LogP contribution in [0.4, 0.5) is 0 Å². The summed E-state index contributed by atoms with van der Waals surface area (Å²) < 4.78 is 0. The Balaban J connectivity index is 5.05. The molecule has 0 bridgehead atoms. The van der Waals surface area contributed by atoms with Crippen LogP contribution >= 0.6 is 0 Å². The minimum absolute atomic E-state index is 0.0575. The maximum Gasteiger partial charge on any atom is 0.140 e. The lowest BCUT2D eigenvalue weighted by Crippen LogP contribution is -2.52. The number of rotatable bonds is 3. The van der Waals surface area contributed by atoms with Crippen molar-refractivity contribution in [2.45, 2.75) is 54.0 Å². The third-order valence-electron chi connectivity index (χ3n) is 2.46. The van der Waals surface area contributed by atoms with E-state index in [4.69, 9.17) is 5.73 Å². The van der Waals surface area contributed by atoms with E-state index in [0.717, 1.165) is 0 Å². The van der Waals surface area contributed by atoms with Crippen LogP contribution in [0.15, 0.2) is 0 Å². The molecular formula is C12H25NO. The molecule has 14 heavy (non-hydrogen) atoms. The van der Waals surface area contributed by atoms with E-state index in [1.165, 1.54) is 0 Å². The van der Waals surface area contributed by atoms with Gasteiger partial charge in [0.15, 0.2) is 0 Å². The molecule has 1 atom stereocenters. The van der Waals surface area contributed by atoms with E-state index >= 15 is 0 Å². The first-order chi connectivity index (χ1) is 5.98. The monoisotopic (exact) mass is 199 g/mol. The van der Waals surface area contributed by atoms with Gasteiger partial charge in [0.2, 0.25) is 0 Å². The Bertz CT molecular complexity index is 191. The van der Waals surface area contributed by atoms with Crippen LogP contribution in [0.5, 0.6) is 0 Å². The Morgan fingerprint density at radius 2 is 1.43 bits per heavy atom. The Hall–Kier alpha value is -0.370. The molecule has 0 aromatic rings. The Kier molecular flexibility index (Phi) is 3.91. The van der Waals surface area contributed by atoms with E-state index in [9.17, 15) is 4.79 Å². The largest absolute Gasteiger partial charge is 0.325 e. The normalized spacial score (nSPS) is 15.8. The molecule has 0 aromatic carbocycles. The molecule has 0 aliphatic carbocycles. The standard InChI is InChI=1S/C12H25NO/c1-8(2)9(14)10(11(3,4)5)12(6,7)13/h8,10H,13H2,1-7H3/t10-/m1/s1. The van der Waals surface area contributed by atoms with Gasteiger partial charge in [0.05, 0.1) is 0 Å². The molecule has 2 nitrogen and oxygen atoms in total. The molecule has 0 unspecified atom stereocenters. The highest BCUT2D eigenvalue weighted by Gasteiger charge is 2.41. The molecule has 2 N–H and O–H groups in total. The molecule has 0 saturated heterocycles. The molecule has 0 amide bonds. The van der Waals surface area contributed by atoms with Crippen molar-refractivity contribution in [3.05, 3.63) is 0 Å². The summed E-state index contributed by atoms with van der Waals surface area (Å²) in [6.45, 7) is 14.0. The van der Waals surface area contributed by atoms with Gasteiger partial charge in [-0.1, -0.05) is 34.6 Å². The number of nitrogens with two attached hydrogens (primary N) is 1. The summed E-state index contributed by atoms with van der Waals surface area (Å²) in [5.41, 5.74) is 5.57. The highest BCUT2D eigenvalue weighted by atomic mass is 16.1. The van der Waals surface area contributed by atoms with Crippen LogP contribution < -0.4 is 5.73 Å². The van der Waals surface area contributed by atoms with Gasteiger partial charge in [-0.25, -0.2) is 0 Å². The summed E-state index contributed by atoms with van der Waals surface area (Å²) in [5.74, 6) is 0.238. The van der Waals surface area contributed by atoms with Crippen molar-refractivity contribution in [3.8, 4) is 0 Å². The molecule has 0 saturated carbocycles. The summed E-state index contributed by atoms with van der Waals surface area (Å²) in [6, 6.07) is 0. The van der Waals surface area contributed by atoms with E-state index in [1.54, 1.807) is 0 Å². The van der Waals surface area contributed by atoms with Gasteiger partial charge in [-0.3, -0.25) is 4.79 Å². The fourth-order valence-electron chi connectivity index (χ4n) is 2.24.